The molecule has 4 nitrogen and oxygen atoms in total. The molecule has 0 bridgehead atoms. The average molecular weight is 367 g/mol. The number of alkyl halides is 2. The van der Waals surface area contributed by atoms with Gasteiger partial charge < -0.3 is 4.52 Å². The summed E-state index contributed by atoms with van der Waals surface area (Å²) >= 11 is 11.7. The summed E-state index contributed by atoms with van der Waals surface area (Å²) in [4.78, 5) is 0. The minimum absolute atomic E-state index is 0.157. The van der Waals surface area contributed by atoms with Gasteiger partial charge in [-0.05, 0) is 18.9 Å². The number of halogens is 2. The molecule has 124 valence electrons. The summed E-state index contributed by atoms with van der Waals surface area (Å²) in [5.41, 5.74) is 1.00. The van der Waals surface area contributed by atoms with E-state index in [0.29, 0.717) is 19.6 Å². The molecular formula is C15H23Cl2N2O2P. The van der Waals surface area contributed by atoms with Crippen LogP contribution in [0.3, 0.4) is 0 Å². The highest BCUT2D eigenvalue weighted by Crippen LogP contribution is 2.59. The van der Waals surface area contributed by atoms with Crippen molar-refractivity contribution in [2.45, 2.75) is 19.4 Å². The summed E-state index contributed by atoms with van der Waals surface area (Å²) in [6.07, 6.45) is 0.157. The summed E-state index contributed by atoms with van der Waals surface area (Å²) in [6.45, 7) is 0.992. The van der Waals surface area contributed by atoms with Gasteiger partial charge in [0.15, 0.2) is 0 Å². The lowest BCUT2D eigenvalue weighted by atomic mass is 10.1. The smallest absolute Gasteiger partial charge is 0.306 e. The maximum atomic E-state index is 13.7. The van der Waals surface area contributed by atoms with Gasteiger partial charge in [0.05, 0.1) is 9.30 Å². The molecule has 0 spiro atoms. The Bertz CT molecular complexity index is 574. The van der Waals surface area contributed by atoms with E-state index in [4.69, 9.17) is 30.5 Å². The molecule has 1 aliphatic heterocycles. The lowest BCUT2D eigenvalue weighted by molar-refractivity contribution is 0.148. The van der Waals surface area contributed by atoms with Gasteiger partial charge in [0.1, 0.15) is 0 Å². The fourth-order valence-corrected chi connectivity index (χ4v) is 5.64. The summed E-state index contributed by atoms with van der Waals surface area (Å²) < 4.78 is 38.4. The summed E-state index contributed by atoms with van der Waals surface area (Å²) in [5, 5.41) is 0. The van der Waals surface area contributed by atoms with Crippen molar-refractivity contribution in [1.29, 1.82) is 0 Å². The molecule has 1 heterocycles. The SMILES string of the molecule is [2H]C1([2H])CCN(C(C)c2ccccc2)P(=O)(N(CCCl)CCCl)O1. The second-order valence-electron chi connectivity index (χ2n) is 5.06. The van der Waals surface area contributed by atoms with Gasteiger partial charge in [-0.1, -0.05) is 30.3 Å². The Kier molecular flexibility index (Phi) is 6.09. The lowest BCUT2D eigenvalue weighted by Crippen LogP contribution is -2.40. The van der Waals surface area contributed by atoms with Gasteiger partial charge in [0.2, 0.25) is 0 Å². The van der Waals surface area contributed by atoms with Crippen LogP contribution in [0.25, 0.3) is 0 Å². The van der Waals surface area contributed by atoms with E-state index >= 15 is 0 Å². The van der Waals surface area contributed by atoms with Crippen LogP contribution in [0.4, 0.5) is 0 Å². The molecule has 0 aromatic heterocycles. The Morgan fingerprint density at radius 1 is 1.36 bits per heavy atom. The Labute approximate surface area is 145 Å². The number of rotatable bonds is 7. The van der Waals surface area contributed by atoms with Crippen molar-refractivity contribution >= 4 is 30.9 Å². The fourth-order valence-electron chi connectivity index (χ4n) is 2.56. The number of hydrogen-bond acceptors (Lipinski definition) is 2. The second-order valence-corrected chi connectivity index (χ2v) is 8.06. The highest BCUT2D eigenvalue weighted by Gasteiger charge is 2.43. The molecule has 1 saturated heterocycles. The van der Waals surface area contributed by atoms with Crippen molar-refractivity contribution in [3.05, 3.63) is 35.9 Å². The molecule has 0 radical (unpaired) electrons. The van der Waals surface area contributed by atoms with Crippen LogP contribution in [-0.2, 0) is 9.09 Å². The number of hydrogen-bond donors (Lipinski definition) is 0. The molecule has 1 fully saturated rings. The molecular weight excluding hydrogens is 342 g/mol. The first-order chi connectivity index (χ1) is 11.3. The maximum absolute atomic E-state index is 13.7. The zero-order chi connectivity index (χ0) is 17.8. The first-order valence-electron chi connectivity index (χ1n) is 8.34. The molecule has 1 aromatic rings. The molecule has 2 atom stereocenters. The van der Waals surface area contributed by atoms with Gasteiger partial charge in [-0.2, -0.15) is 0 Å². The topological polar surface area (TPSA) is 32.8 Å². The second kappa shape index (κ2) is 8.68. The molecule has 2 unspecified atom stereocenters. The van der Waals surface area contributed by atoms with E-state index in [2.05, 4.69) is 0 Å². The van der Waals surface area contributed by atoms with Gasteiger partial charge in [0.25, 0.3) is 0 Å². The Morgan fingerprint density at radius 2 is 2.00 bits per heavy atom. The van der Waals surface area contributed by atoms with Crippen LogP contribution in [0, 0.1) is 0 Å². The summed E-state index contributed by atoms with van der Waals surface area (Å²) in [6, 6.07) is 9.53. The maximum Gasteiger partial charge on any atom is 0.346 e. The first kappa shape index (κ1) is 15.4. The molecule has 22 heavy (non-hydrogen) atoms. The van der Waals surface area contributed by atoms with E-state index in [1.807, 2.05) is 37.3 Å². The summed E-state index contributed by atoms with van der Waals surface area (Å²) in [7, 11) is -3.59. The molecule has 1 aromatic carbocycles. The monoisotopic (exact) mass is 366 g/mol. The predicted molar refractivity (Wildman–Crippen MR) is 92.8 cm³/mol. The quantitative estimate of drug-likeness (QED) is 0.530. The van der Waals surface area contributed by atoms with Crippen LogP contribution in [0.1, 0.15) is 27.7 Å². The zero-order valence-electron chi connectivity index (χ0n) is 14.6. The van der Waals surface area contributed by atoms with Crippen LogP contribution >= 0.6 is 30.9 Å². The number of benzene rings is 1. The van der Waals surface area contributed by atoms with E-state index in [1.165, 1.54) is 0 Å². The van der Waals surface area contributed by atoms with E-state index in [1.54, 1.807) is 9.34 Å². The fraction of sp³-hybridized carbons (Fsp3) is 0.600. The van der Waals surface area contributed by atoms with Crippen LogP contribution in [0.15, 0.2) is 30.3 Å². The van der Waals surface area contributed by atoms with Gasteiger partial charge in [-0.15, -0.1) is 23.2 Å². The Hall–Kier alpha value is -0.0900. The largest absolute Gasteiger partial charge is 0.346 e. The highest BCUT2D eigenvalue weighted by atomic mass is 35.5. The van der Waals surface area contributed by atoms with Gasteiger partial charge in [-0.25, -0.2) is 9.34 Å². The Balaban J connectivity index is 2.37. The van der Waals surface area contributed by atoms with Crippen molar-refractivity contribution in [2.24, 2.45) is 0 Å². The minimum Gasteiger partial charge on any atom is -0.306 e. The highest BCUT2D eigenvalue weighted by molar-refractivity contribution is 7.54. The van der Waals surface area contributed by atoms with Gasteiger partial charge >= 0.3 is 7.67 Å². The third-order valence-electron chi connectivity index (χ3n) is 3.72. The van der Waals surface area contributed by atoms with Crippen molar-refractivity contribution in [3.63, 3.8) is 0 Å². The molecule has 0 aliphatic carbocycles. The van der Waals surface area contributed by atoms with E-state index < -0.39 is 14.2 Å². The normalized spacial score (nSPS) is 28.2. The average Bonchev–Trinajstić information content (AvgIpc) is 2.54. The van der Waals surface area contributed by atoms with E-state index in [-0.39, 0.29) is 24.2 Å². The molecule has 2 rings (SSSR count). The van der Waals surface area contributed by atoms with Crippen molar-refractivity contribution < 1.29 is 11.8 Å². The van der Waals surface area contributed by atoms with Crippen LogP contribution in [0.2, 0.25) is 0 Å². The third kappa shape index (κ3) is 4.05. The molecule has 1 aliphatic rings. The zero-order valence-corrected chi connectivity index (χ0v) is 15.0. The molecule has 0 amide bonds. The van der Waals surface area contributed by atoms with Crippen molar-refractivity contribution in [1.82, 2.24) is 9.34 Å². The Morgan fingerprint density at radius 3 is 2.59 bits per heavy atom. The summed E-state index contributed by atoms with van der Waals surface area (Å²) in [5.74, 6) is 0.529. The minimum atomic E-state index is -3.59. The predicted octanol–water partition coefficient (Wildman–Crippen LogP) is 4.36. The lowest BCUT2D eigenvalue weighted by Gasteiger charge is -2.43. The standard InChI is InChI=1S/C15H23Cl2N2O2P/c1-14(15-6-3-2-4-7-15)19-10-5-13-21-22(19,20)18(11-8-16)12-9-17/h2-4,6-7,14H,5,8-13H2,1H3/i13D2. The molecule has 7 heteroatoms. The number of nitrogens with zero attached hydrogens (tertiary/aromatic N) is 2. The van der Waals surface area contributed by atoms with Gasteiger partial charge in [-0.3, -0.25) is 4.57 Å². The third-order valence-corrected chi connectivity index (χ3v) is 6.74. The van der Waals surface area contributed by atoms with Crippen LogP contribution in [0.5, 0.6) is 0 Å². The van der Waals surface area contributed by atoms with Gasteiger partial charge in [0, 0.05) is 37.4 Å². The van der Waals surface area contributed by atoms with Crippen molar-refractivity contribution in [3.8, 4) is 0 Å². The molecule has 0 saturated carbocycles. The first-order valence-corrected chi connectivity index (χ1v) is 9.94. The molecule has 0 N–H and O–H groups in total. The van der Waals surface area contributed by atoms with E-state index in [0.717, 1.165) is 5.56 Å². The van der Waals surface area contributed by atoms with Crippen LogP contribution < -0.4 is 0 Å². The van der Waals surface area contributed by atoms with E-state index in [9.17, 15) is 4.57 Å². The van der Waals surface area contributed by atoms with Crippen LogP contribution in [-0.4, -0.2) is 47.3 Å². The van der Waals surface area contributed by atoms with Crippen molar-refractivity contribution in [2.75, 3.05) is 38.0 Å².